The molecule has 1 aliphatic carbocycles. The molecule has 2 heterocycles. The van der Waals surface area contributed by atoms with Gasteiger partial charge in [-0.3, -0.25) is 0 Å². The third-order valence-corrected chi connectivity index (χ3v) is 8.92. The molecule has 4 rings (SSSR count). The standard InChI is InChI=1S/C23H25NO8Se/c1-28-21(26)16-10-14-15-11-23(30-3,31-4)12-24(22(27)29-2)17(15)20(18(25)19(14)32-16)33-13-8-6-5-7-9-13/h5-10,15,17,20H,11-12H2,1-4H3/t15-,17-,20+/m1/s1. The number of nitrogens with zero attached hydrogens (tertiary/aromatic N) is 1. The van der Waals surface area contributed by atoms with E-state index in [1.807, 2.05) is 30.3 Å². The Kier molecular flexibility index (Phi) is 6.63. The van der Waals surface area contributed by atoms with E-state index in [9.17, 15) is 14.4 Å². The maximum absolute atomic E-state index is 13.7. The molecule has 0 bridgehead atoms. The number of ether oxygens (including phenoxy) is 4. The average Bonchev–Trinajstić information content (AvgIpc) is 3.31. The summed E-state index contributed by atoms with van der Waals surface area (Å²) in [6.07, 6.45) is -0.218. The van der Waals surface area contributed by atoms with E-state index in [2.05, 4.69) is 0 Å². The summed E-state index contributed by atoms with van der Waals surface area (Å²) in [5, 5.41) is 0. The predicted octanol–water partition coefficient (Wildman–Crippen LogP) is 1.99. The summed E-state index contributed by atoms with van der Waals surface area (Å²) in [5.74, 6) is -2.36. The van der Waals surface area contributed by atoms with Crippen molar-refractivity contribution in [3.63, 3.8) is 0 Å². The van der Waals surface area contributed by atoms with Gasteiger partial charge >= 0.3 is 197 Å². The van der Waals surface area contributed by atoms with Crippen LogP contribution < -0.4 is 4.46 Å². The number of hydrogen-bond donors (Lipinski definition) is 0. The first-order valence-corrected chi connectivity index (χ1v) is 12.2. The average molecular weight is 522 g/mol. The molecule has 10 heteroatoms. The number of carbonyl (C=O) groups is 3. The molecule has 1 amide bonds. The van der Waals surface area contributed by atoms with Gasteiger partial charge in [-0.1, -0.05) is 0 Å². The van der Waals surface area contributed by atoms with E-state index in [0.717, 1.165) is 4.46 Å². The van der Waals surface area contributed by atoms with Gasteiger partial charge in [0.1, 0.15) is 0 Å². The number of furan rings is 1. The van der Waals surface area contributed by atoms with Crippen LogP contribution in [0.2, 0.25) is 4.82 Å². The van der Waals surface area contributed by atoms with E-state index in [4.69, 9.17) is 23.4 Å². The summed E-state index contributed by atoms with van der Waals surface area (Å²) >= 11 is -0.330. The fourth-order valence-electron chi connectivity index (χ4n) is 4.58. The van der Waals surface area contributed by atoms with Gasteiger partial charge in [-0.15, -0.1) is 0 Å². The van der Waals surface area contributed by atoms with Gasteiger partial charge < -0.3 is 0 Å². The molecule has 1 saturated heterocycles. The second-order valence-electron chi connectivity index (χ2n) is 7.82. The van der Waals surface area contributed by atoms with Crippen LogP contribution in [0.5, 0.6) is 0 Å². The molecule has 1 aromatic heterocycles. The Bertz CT molecular complexity index is 1050. The zero-order valence-electron chi connectivity index (χ0n) is 18.7. The number of benzene rings is 1. The predicted molar refractivity (Wildman–Crippen MR) is 117 cm³/mol. The van der Waals surface area contributed by atoms with Gasteiger partial charge in [0, 0.05) is 0 Å². The zero-order chi connectivity index (χ0) is 23.8. The minimum atomic E-state index is -1.11. The molecule has 9 nitrogen and oxygen atoms in total. The summed E-state index contributed by atoms with van der Waals surface area (Å²) < 4.78 is 28.0. The third-order valence-electron chi connectivity index (χ3n) is 6.21. The van der Waals surface area contributed by atoms with Crippen molar-refractivity contribution < 1.29 is 37.7 Å². The molecule has 0 radical (unpaired) electrons. The van der Waals surface area contributed by atoms with Crippen LogP contribution in [0.1, 0.15) is 39.0 Å². The van der Waals surface area contributed by atoms with Crippen molar-refractivity contribution >= 4 is 37.3 Å². The number of amides is 1. The number of hydrogen-bond acceptors (Lipinski definition) is 8. The van der Waals surface area contributed by atoms with Crippen molar-refractivity contribution in [3.05, 3.63) is 53.5 Å². The fraction of sp³-hybridized carbons (Fsp3) is 0.435. The number of likely N-dealkylation sites (tertiary alicyclic amines) is 1. The molecule has 0 spiro atoms. The monoisotopic (exact) mass is 523 g/mol. The number of rotatable bonds is 5. The van der Waals surface area contributed by atoms with Crippen LogP contribution >= 0.6 is 0 Å². The number of methoxy groups -OCH3 is 4. The Morgan fingerprint density at radius 3 is 2.39 bits per heavy atom. The summed E-state index contributed by atoms with van der Waals surface area (Å²) in [6, 6.07) is 10.7. The number of piperidine rings is 1. The van der Waals surface area contributed by atoms with Crippen LogP contribution in [0.3, 0.4) is 0 Å². The number of carbonyl (C=O) groups excluding carboxylic acids is 3. The molecule has 0 N–H and O–H groups in total. The Morgan fingerprint density at radius 2 is 1.79 bits per heavy atom. The van der Waals surface area contributed by atoms with Crippen LogP contribution in [-0.4, -0.2) is 84.5 Å². The van der Waals surface area contributed by atoms with Crippen LogP contribution in [-0.2, 0) is 18.9 Å². The summed E-state index contributed by atoms with van der Waals surface area (Å²) in [7, 11) is 5.56. The number of esters is 1. The van der Waals surface area contributed by atoms with E-state index in [-0.39, 0.29) is 44.7 Å². The first kappa shape index (κ1) is 23.5. The first-order chi connectivity index (χ1) is 15.9. The van der Waals surface area contributed by atoms with Crippen LogP contribution in [0.15, 0.2) is 40.8 Å². The number of Topliss-reactive ketones (excluding diaryl/α,β-unsaturated/α-hetero) is 1. The summed E-state index contributed by atoms with van der Waals surface area (Å²) in [4.78, 5) is 39.7. The van der Waals surface area contributed by atoms with Gasteiger partial charge in [0.05, 0.1) is 0 Å². The Hall–Kier alpha value is -2.65. The second kappa shape index (κ2) is 9.30. The molecular formula is C23H25NO8Se. The van der Waals surface area contributed by atoms with Gasteiger partial charge in [0.15, 0.2) is 0 Å². The maximum atomic E-state index is 13.7. The normalized spacial score (nSPS) is 23.5. The number of fused-ring (bicyclic) bond motifs is 3. The fourth-order valence-corrected chi connectivity index (χ4v) is 7.30. The Balaban J connectivity index is 1.87. The Labute approximate surface area is 197 Å². The van der Waals surface area contributed by atoms with E-state index in [0.29, 0.717) is 12.0 Å². The van der Waals surface area contributed by atoms with E-state index in [1.54, 1.807) is 0 Å². The van der Waals surface area contributed by atoms with Crippen molar-refractivity contribution in [1.82, 2.24) is 4.90 Å². The summed E-state index contributed by atoms with van der Waals surface area (Å²) in [5.41, 5.74) is 0.539. The molecule has 0 unspecified atom stereocenters. The first-order valence-electron chi connectivity index (χ1n) is 10.3. The molecule has 0 saturated carbocycles. The SMILES string of the molecule is COC(=O)c1cc2c(o1)C(=O)[C@@H]([Se]c1ccccc1)[C@H]1[C@@H]2CC(OC)(OC)CN1C(=O)OC. The van der Waals surface area contributed by atoms with Crippen molar-refractivity contribution in [3.8, 4) is 0 Å². The van der Waals surface area contributed by atoms with Gasteiger partial charge in [0.2, 0.25) is 0 Å². The quantitative estimate of drug-likeness (QED) is 0.334. The van der Waals surface area contributed by atoms with Crippen LogP contribution in [0, 0.1) is 0 Å². The van der Waals surface area contributed by atoms with E-state index in [1.165, 1.54) is 39.4 Å². The van der Waals surface area contributed by atoms with Gasteiger partial charge in [-0.2, -0.15) is 0 Å². The number of ketones is 1. The molecule has 33 heavy (non-hydrogen) atoms. The topological polar surface area (TPSA) is 105 Å². The molecule has 2 aliphatic rings. The van der Waals surface area contributed by atoms with Crippen LogP contribution in [0.4, 0.5) is 4.79 Å². The molecule has 1 aliphatic heterocycles. The van der Waals surface area contributed by atoms with Crippen LogP contribution in [0.25, 0.3) is 0 Å². The van der Waals surface area contributed by atoms with E-state index < -0.39 is 28.7 Å². The van der Waals surface area contributed by atoms with E-state index >= 15 is 0 Å². The van der Waals surface area contributed by atoms with Crippen molar-refractivity contribution in [1.29, 1.82) is 0 Å². The van der Waals surface area contributed by atoms with Gasteiger partial charge in [0.25, 0.3) is 0 Å². The van der Waals surface area contributed by atoms with Gasteiger partial charge in [-0.05, 0) is 0 Å². The van der Waals surface area contributed by atoms with Crippen molar-refractivity contribution in [2.75, 3.05) is 35.0 Å². The van der Waals surface area contributed by atoms with Crippen molar-refractivity contribution in [2.45, 2.75) is 29.0 Å². The molecule has 176 valence electrons. The third kappa shape index (κ3) is 4.08. The summed E-state index contributed by atoms with van der Waals surface area (Å²) in [6.45, 7) is 0.0968. The van der Waals surface area contributed by atoms with Gasteiger partial charge in [-0.25, -0.2) is 0 Å². The molecule has 1 fully saturated rings. The molecule has 3 atom stereocenters. The molecule has 1 aromatic carbocycles. The van der Waals surface area contributed by atoms with Crippen molar-refractivity contribution in [2.24, 2.45) is 0 Å². The molecular weight excluding hydrogens is 497 g/mol. The minimum absolute atomic E-state index is 0.0573. The second-order valence-corrected chi connectivity index (χ2v) is 10.4. The molecule has 2 aromatic rings. The Morgan fingerprint density at radius 1 is 1.09 bits per heavy atom. The zero-order valence-corrected chi connectivity index (χ0v) is 20.4.